The van der Waals surface area contributed by atoms with Crippen LogP contribution in [-0.2, 0) is 14.3 Å². The minimum atomic E-state index is -0.0903. The number of fused-ring (bicyclic) bond motifs is 1. The van der Waals surface area contributed by atoms with Crippen LogP contribution in [0.1, 0.15) is 32.6 Å². The van der Waals surface area contributed by atoms with Crippen molar-refractivity contribution in [3.8, 4) is 5.75 Å². The van der Waals surface area contributed by atoms with E-state index in [9.17, 15) is 9.59 Å². The lowest BCUT2D eigenvalue weighted by Crippen LogP contribution is -2.19. The molecular weight excluding hydrogens is 316 g/mol. The van der Waals surface area contributed by atoms with Crippen molar-refractivity contribution in [1.82, 2.24) is 0 Å². The summed E-state index contributed by atoms with van der Waals surface area (Å²) in [5, 5.41) is 0.590. The second kappa shape index (κ2) is 6.91. The molecule has 2 aliphatic rings. The average molecular weight is 337 g/mol. The van der Waals surface area contributed by atoms with Gasteiger partial charge in [0.2, 0.25) is 0 Å². The van der Waals surface area contributed by atoms with Gasteiger partial charge >= 0.3 is 5.97 Å². The van der Waals surface area contributed by atoms with E-state index in [0.717, 1.165) is 12.8 Å². The molecule has 1 aromatic rings. The first kappa shape index (κ1) is 16.3. The molecule has 3 rings (SSSR count). The van der Waals surface area contributed by atoms with Crippen LogP contribution < -0.4 is 4.74 Å². The lowest BCUT2D eigenvalue weighted by atomic mass is 9.84. The summed E-state index contributed by atoms with van der Waals surface area (Å²) >= 11 is 5.88. The molecule has 4 nitrogen and oxygen atoms in total. The predicted molar refractivity (Wildman–Crippen MR) is 86.4 cm³/mol. The highest BCUT2D eigenvalue weighted by molar-refractivity contribution is 6.30. The molecule has 5 heteroatoms. The van der Waals surface area contributed by atoms with Gasteiger partial charge in [-0.1, -0.05) is 24.6 Å². The third-order valence-corrected chi connectivity index (χ3v) is 5.24. The summed E-state index contributed by atoms with van der Waals surface area (Å²) in [5.41, 5.74) is 0. The Balaban J connectivity index is 1.46. The summed E-state index contributed by atoms with van der Waals surface area (Å²) in [6.45, 7) is 2.24. The Morgan fingerprint density at radius 3 is 3.04 bits per heavy atom. The van der Waals surface area contributed by atoms with Gasteiger partial charge in [-0.2, -0.15) is 0 Å². The maximum Gasteiger partial charge on any atom is 0.306 e. The van der Waals surface area contributed by atoms with Crippen LogP contribution in [-0.4, -0.2) is 24.5 Å². The van der Waals surface area contributed by atoms with Crippen LogP contribution in [0.3, 0.4) is 0 Å². The minimum Gasteiger partial charge on any atom is -0.486 e. The topological polar surface area (TPSA) is 52.6 Å². The van der Waals surface area contributed by atoms with E-state index in [1.54, 1.807) is 24.3 Å². The predicted octanol–water partition coefficient (Wildman–Crippen LogP) is 3.66. The van der Waals surface area contributed by atoms with E-state index in [2.05, 4.69) is 6.92 Å². The van der Waals surface area contributed by atoms with Crippen LogP contribution in [0.15, 0.2) is 24.3 Å². The zero-order valence-electron chi connectivity index (χ0n) is 13.2. The lowest BCUT2D eigenvalue weighted by Gasteiger charge is -2.19. The molecular formula is C18H21ClO4. The summed E-state index contributed by atoms with van der Waals surface area (Å²) in [6.07, 6.45) is 2.78. The highest BCUT2D eigenvalue weighted by atomic mass is 35.5. The second-order valence-corrected chi connectivity index (χ2v) is 7.03. The van der Waals surface area contributed by atoms with E-state index in [1.165, 1.54) is 0 Å². The van der Waals surface area contributed by atoms with Gasteiger partial charge in [0, 0.05) is 17.4 Å². The van der Waals surface area contributed by atoms with E-state index in [4.69, 9.17) is 21.1 Å². The monoisotopic (exact) mass is 336 g/mol. The van der Waals surface area contributed by atoms with Gasteiger partial charge in [-0.3, -0.25) is 9.59 Å². The van der Waals surface area contributed by atoms with Crippen LogP contribution in [0, 0.1) is 17.8 Å². The lowest BCUT2D eigenvalue weighted by molar-refractivity contribution is -0.141. The van der Waals surface area contributed by atoms with Crippen LogP contribution in [0.5, 0.6) is 5.75 Å². The largest absolute Gasteiger partial charge is 0.486 e. The normalized spacial score (nSPS) is 29.2. The SMILES string of the molecule is CC1CC2OC(=O)CC2C1CCC(=O)COc1cccc(Cl)c1. The van der Waals surface area contributed by atoms with Crippen LogP contribution >= 0.6 is 11.6 Å². The number of ether oxygens (including phenoxy) is 2. The van der Waals surface area contributed by atoms with Gasteiger partial charge in [0.25, 0.3) is 0 Å². The molecule has 4 unspecified atom stereocenters. The van der Waals surface area contributed by atoms with E-state index >= 15 is 0 Å². The zero-order valence-corrected chi connectivity index (χ0v) is 13.9. The Morgan fingerprint density at radius 1 is 1.43 bits per heavy atom. The number of carbonyl (C=O) groups excluding carboxylic acids is 2. The van der Waals surface area contributed by atoms with E-state index < -0.39 is 0 Å². The molecule has 0 bridgehead atoms. The molecule has 1 saturated carbocycles. The molecule has 1 heterocycles. The maximum absolute atomic E-state index is 12.1. The molecule has 1 aliphatic heterocycles. The molecule has 1 aliphatic carbocycles. The van der Waals surface area contributed by atoms with Crippen molar-refractivity contribution in [1.29, 1.82) is 0 Å². The van der Waals surface area contributed by atoms with Crippen molar-refractivity contribution in [3.63, 3.8) is 0 Å². The summed E-state index contributed by atoms with van der Waals surface area (Å²) in [5.74, 6) is 1.77. The highest BCUT2D eigenvalue weighted by Crippen LogP contribution is 2.46. The number of esters is 1. The summed E-state index contributed by atoms with van der Waals surface area (Å²) in [6, 6.07) is 7.03. The standard InChI is InChI=1S/C18H21ClO4/c1-11-7-17-16(9-18(21)23-17)15(11)6-5-13(20)10-22-14-4-2-3-12(19)8-14/h2-4,8,11,15-17H,5-7,9-10H2,1H3. The van der Waals surface area contributed by atoms with Crippen molar-refractivity contribution < 1.29 is 19.1 Å². The quantitative estimate of drug-likeness (QED) is 0.744. The Bertz CT molecular complexity index is 600. The number of rotatable bonds is 6. The fourth-order valence-electron chi connectivity index (χ4n) is 3.86. The maximum atomic E-state index is 12.1. The first-order chi connectivity index (χ1) is 11.0. The number of halogens is 1. The smallest absolute Gasteiger partial charge is 0.306 e. The fourth-order valence-corrected chi connectivity index (χ4v) is 4.04. The van der Waals surface area contributed by atoms with Crippen LogP contribution in [0.25, 0.3) is 0 Å². The molecule has 0 spiro atoms. The van der Waals surface area contributed by atoms with Crippen molar-refractivity contribution >= 4 is 23.4 Å². The van der Waals surface area contributed by atoms with Gasteiger partial charge in [0.15, 0.2) is 5.78 Å². The number of ketones is 1. The summed E-state index contributed by atoms with van der Waals surface area (Å²) in [4.78, 5) is 23.5. The molecule has 124 valence electrons. The molecule has 1 aromatic carbocycles. The fraction of sp³-hybridized carbons (Fsp3) is 0.556. The molecule has 0 aromatic heterocycles. The van der Waals surface area contributed by atoms with E-state index in [1.807, 2.05) is 0 Å². The number of hydrogen-bond acceptors (Lipinski definition) is 4. The molecule has 1 saturated heterocycles. The van der Waals surface area contributed by atoms with E-state index in [0.29, 0.717) is 41.4 Å². The zero-order chi connectivity index (χ0) is 16.4. The molecule has 0 N–H and O–H groups in total. The van der Waals surface area contributed by atoms with Gasteiger partial charge in [0.05, 0.1) is 6.42 Å². The summed E-state index contributed by atoms with van der Waals surface area (Å²) in [7, 11) is 0. The minimum absolute atomic E-state index is 0.0605. The Morgan fingerprint density at radius 2 is 2.26 bits per heavy atom. The molecule has 4 atom stereocenters. The van der Waals surface area contributed by atoms with Gasteiger partial charge in [-0.05, 0) is 42.9 Å². The van der Waals surface area contributed by atoms with Gasteiger partial charge in [0.1, 0.15) is 18.5 Å². The van der Waals surface area contributed by atoms with Gasteiger partial charge in [-0.25, -0.2) is 0 Å². The number of carbonyl (C=O) groups is 2. The van der Waals surface area contributed by atoms with Crippen molar-refractivity contribution in [2.24, 2.45) is 17.8 Å². The number of hydrogen-bond donors (Lipinski definition) is 0. The van der Waals surface area contributed by atoms with Crippen molar-refractivity contribution in [2.45, 2.75) is 38.7 Å². The van der Waals surface area contributed by atoms with Crippen molar-refractivity contribution in [3.05, 3.63) is 29.3 Å². The number of benzene rings is 1. The van der Waals surface area contributed by atoms with E-state index in [-0.39, 0.29) is 24.5 Å². The van der Waals surface area contributed by atoms with Crippen LogP contribution in [0.4, 0.5) is 0 Å². The van der Waals surface area contributed by atoms with Crippen LogP contribution in [0.2, 0.25) is 5.02 Å². The molecule has 0 amide bonds. The third kappa shape index (κ3) is 3.86. The Hall–Kier alpha value is -1.55. The third-order valence-electron chi connectivity index (χ3n) is 5.00. The molecule has 23 heavy (non-hydrogen) atoms. The van der Waals surface area contributed by atoms with Crippen molar-refractivity contribution in [2.75, 3.05) is 6.61 Å². The van der Waals surface area contributed by atoms with Gasteiger partial charge in [-0.15, -0.1) is 0 Å². The number of Topliss-reactive ketones (excluding diaryl/α,β-unsaturated/α-hetero) is 1. The average Bonchev–Trinajstić information content (AvgIpc) is 2.98. The Kier molecular flexibility index (Phi) is 4.90. The highest BCUT2D eigenvalue weighted by Gasteiger charge is 2.47. The summed E-state index contributed by atoms with van der Waals surface area (Å²) < 4.78 is 10.8. The molecule has 2 fully saturated rings. The van der Waals surface area contributed by atoms with Gasteiger partial charge < -0.3 is 9.47 Å². The second-order valence-electron chi connectivity index (χ2n) is 6.60. The Labute approximate surface area is 141 Å². The first-order valence-electron chi connectivity index (χ1n) is 8.12. The first-order valence-corrected chi connectivity index (χ1v) is 8.50. The molecule has 0 radical (unpaired) electrons.